The van der Waals surface area contributed by atoms with Gasteiger partial charge in [0.1, 0.15) is 6.07 Å². The van der Waals surface area contributed by atoms with Gasteiger partial charge in [-0.2, -0.15) is 5.26 Å². The van der Waals surface area contributed by atoms with Crippen molar-refractivity contribution in [2.75, 3.05) is 5.32 Å². The lowest BCUT2D eigenvalue weighted by molar-refractivity contribution is 0.102. The summed E-state index contributed by atoms with van der Waals surface area (Å²) in [5.74, 6) is -0.370. The zero-order chi connectivity index (χ0) is 14.7. The van der Waals surface area contributed by atoms with E-state index in [9.17, 15) is 4.79 Å². The summed E-state index contributed by atoms with van der Waals surface area (Å²) in [5, 5.41) is 12.1. The molecule has 3 nitrogen and oxygen atoms in total. The molecule has 0 aliphatic heterocycles. The number of carbonyl (C=O) groups is 1. The molecule has 0 unspecified atom stereocenters. The van der Waals surface area contributed by atoms with Crippen LogP contribution in [0.1, 0.15) is 15.9 Å². The zero-order valence-corrected chi connectivity index (χ0v) is 13.9. The van der Waals surface area contributed by atoms with Crippen LogP contribution in [0.25, 0.3) is 0 Å². The van der Waals surface area contributed by atoms with E-state index in [0.29, 0.717) is 26.3 Å². The maximum atomic E-state index is 12.2. The van der Waals surface area contributed by atoms with Gasteiger partial charge in [0.2, 0.25) is 0 Å². The highest BCUT2D eigenvalue weighted by molar-refractivity contribution is 9.10. The van der Waals surface area contributed by atoms with E-state index >= 15 is 0 Å². The Balaban J connectivity index is 2.35. The molecule has 0 spiro atoms. The summed E-state index contributed by atoms with van der Waals surface area (Å²) in [6.07, 6.45) is 0. The molecule has 0 aliphatic carbocycles. The predicted molar refractivity (Wildman–Crippen MR) is 86.0 cm³/mol. The fourth-order valence-corrected chi connectivity index (χ4v) is 2.53. The Morgan fingerprint density at radius 3 is 2.70 bits per heavy atom. The van der Waals surface area contributed by atoms with Gasteiger partial charge in [-0.3, -0.25) is 4.79 Å². The maximum absolute atomic E-state index is 12.2. The van der Waals surface area contributed by atoms with Crippen molar-refractivity contribution in [2.24, 2.45) is 0 Å². The van der Waals surface area contributed by atoms with E-state index in [2.05, 4.69) is 37.2 Å². The molecule has 0 fully saturated rings. The normalized spacial score (nSPS) is 9.90. The largest absolute Gasteiger partial charge is 0.321 e. The van der Waals surface area contributed by atoms with Gasteiger partial charge in [0.15, 0.2) is 0 Å². The Bertz CT molecular complexity index is 726. The molecule has 0 radical (unpaired) electrons. The van der Waals surface area contributed by atoms with Crippen LogP contribution in [0.4, 0.5) is 5.69 Å². The van der Waals surface area contributed by atoms with Crippen LogP contribution in [-0.4, -0.2) is 5.91 Å². The zero-order valence-electron chi connectivity index (χ0n) is 9.95. The lowest BCUT2D eigenvalue weighted by Crippen LogP contribution is -2.13. The minimum absolute atomic E-state index is 0.332. The molecule has 100 valence electrons. The highest BCUT2D eigenvalue weighted by atomic mass is 79.9. The SMILES string of the molecule is N#Cc1ccc(Br)cc1NC(=O)c1cccc(Br)c1Cl. The molecule has 0 saturated heterocycles. The molecule has 0 aliphatic rings. The summed E-state index contributed by atoms with van der Waals surface area (Å²) in [6, 6.07) is 12.1. The number of nitriles is 1. The Kier molecular flexibility index (Phi) is 4.81. The second-order valence-electron chi connectivity index (χ2n) is 3.86. The Morgan fingerprint density at radius 1 is 1.25 bits per heavy atom. The minimum Gasteiger partial charge on any atom is -0.321 e. The lowest BCUT2D eigenvalue weighted by Gasteiger charge is -2.09. The van der Waals surface area contributed by atoms with E-state index in [1.54, 1.807) is 36.4 Å². The van der Waals surface area contributed by atoms with Gasteiger partial charge >= 0.3 is 0 Å². The number of benzene rings is 2. The van der Waals surface area contributed by atoms with Crippen molar-refractivity contribution >= 4 is 55.1 Å². The van der Waals surface area contributed by atoms with Crippen LogP contribution < -0.4 is 5.32 Å². The third kappa shape index (κ3) is 3.21. The van der Waals surface area contributed by atoms with E-state index < -0.39 is 0 Å². The quantitative estimate of drug-likeness (QED) is 0.753. The van der Waals surface area contributed by atoms with Crippen molar-refractivity contribution in [3.63, 3.8) is 0 Å². The summed E-state index contributed by atoms with van der Waals surface area (Å²) in [6.45, 7) is 0. The van der Waals surface area contributed by atoms with Crippen molar-refractivity contribution in [1.82, 2.24) is 0 Å². The monoisotopic (exact) mass is 412 g/mol. The molecule has 0 atom stereocenters. The average molecular weight is 414 g/mol. The van der Waals surface area contributed by atoms with E-state index in [4.69, 9.17) is 16.9 Å². The van der Waals surface area contributed by atoms with Crippen LogP contribution in [0.2, 0.25) is 5.02 Å². The Morgan fingerprint density at radius 2 is 2.00 bits per heavy atom. The second-order valence-corrected chi connectivity index (χ2v) is 6.01. The van der Waals surface area contributed by atoms with Crippen molar-refractivity contribution in [2.45, 2.75) is 0 Å². The summed E-state index contributed by atoms with van der Waals surface area (Å²) in [7, 11) is 0. The van der Waals surface area contributed by atoms with Crippen molar-refractivity contribution in [3.05, 3.63) is 61.5 Å². The molecule has 2 rings (SSSR count). The Labute approximate surface area is 137 Å². The van der Waals surface area contributed by atoms with Crippen LogP contribution in [-0.2, 0) is 0 Å². The van der Waals surface area contributed by atoms with Crippen LogP contribution in [0.15, 0.2) is 45.3 Å². The first kappa shape index (κ1) is 15.0. The standard InChI is InChI=1S/C14H7Br2ClN2O/c15-9-5-4-8(7-18)12(6-9)19-14(20)10-2-1-3-11(16)13(10)17/h1-6H,(H,19,20). The van der Waals surface area contributed by atoms with Crippen LogP contribution in [0, 0.1) is 11.3 Å². The molecular formula is C14H7Br2ClN2O. The number of hydrogen-bond acceptors (Lipinski definition) is 2. The first-order valence-electron chi connectivity index (χ1n) is 5.48. The van der Waals surface area contributed by atoms with Gasteiger partial charge in [-0.25, -0.2) is 0 Å². The molecule has 6 heteroatoms. The van der Waals surface area contributed by atoms with Crippen molar-refractivity contribution in [1.29, 1.82) is 5.26 Å². The highest BCUT2D eigenvalue weighted by Gasteiger charge is 2.14. The molecular weight excluding hydrogens is 407 g/mol. The molecule has 0 aromatic heterocycles. The number of anilines is 1. The average Bonchev–Trinajstić information content (AvgIpc) is 2.42. The molecule has 0 saturated carbocycles. The molecule has 20 heavy (non-hydrogen) atoms. The van der Waals surface area contributed by atoms with Crippen LogP contribution >= 0.6 is 43.5 Å². The van der Waals surface area contributed by atoms with E-state index in [1.165, 1.54) is 0 Å². The highest BCUT2D eigenvalue weighted by Crippen LogP contribution is 2.27. The van der Waals surface area contributed by atoms with Gasteiger partial charge in [-0.1, -0.05) is 33.6 Å². The first-order chi connectivity index (χ1) is 9.52. The number of nitrogens with one attached hydrogen (secondary N) is 1. The van der Waals surface area contributed by atoms with Crippen molar-refractivity contribution in [3.8, 4) is 6.07 Å². The van der Waals surface area contributed by atoms with Crippen molar-refractivity contribution < 1.29 is 4.79 Å². The topological polar surface area (TPSA) is 52.9 Å². The molecule has 0 bridgehead atoms. The minimum atomic E-state index is -0.370. The smallest absolute Gasteiger partial charge is 0.257 e. The van der Waals surface area contributed by atoms with Gasteiger partial charge in [0.05, 0.1) is 21.8 Å². The number of halogens is 3. The summed E-state index contributed by atoms with van der Waals surface area (Å²) in [4.78, 5) is 12.2. The fraction of sp³-hybridized carbons (Fsp3) is 0. The molecule has 0 heterocycles. The van der Waals surface area contributed by atoms with Gasteiger partial charge in [0, 0.05) is 8.95 Å². The maximum Gasteiger partial charge on any atom is 0.257 e. The summed E-state index contributed by atoms with van der Waals surface area (Å²) in [5.41, 5.74) is 1.15. The Hall–Kier alpha value is -1.35. The van der Waals surface area contributed by atoms with Crippen LogP contribution in [0.3, 0.4) is 0 Å². The van der Waals surface area contributed by atoms with Crippen LogP contribution in [0.5, 0.6) is 0 Å². The number of nitrogens with zero attached hydrogens (tertiary/aromatic N) is 1. The van der Waals surface area contributed by atoms with Gasteiger partial charge < -0.3 is 5.32 Å². The van der Waals surface area contributed by atoms with Gasteiger partial charge in [-0.05, 0) is 46.3 Å². The molecule has 1 amide bonds. The second kappa shape index (κ2) is 6.40. The van der Waals surface area contributed by atoms with E-state index in [0.717, 1.165) is 4.47 Å². The lowest BCUT2D eigenvalue weighted by atomic mass is 10.1. The molecule has 1 N–H and O–H groups in total. The number of amides is 1. The third-order valence-corrected chi connectivity index (χ3v) is 4.34. The number of carbonyl (C=O) groups excluding carboxylic acids is 1. The fourth-order valence-electron chi connectivity index (χ4n) is 1.59. The number of hydrogen-bond donors (Lipinski definition) is 1. The first-order valence-corrected chi connectivity index (χ1v) is 7.44. The summed E-state index contributed by atoms with van der Waals surface area (Å²) < 4.78 is 1.41. The summed E-state index contributed by atoms with van der Waals surface area (Å²) >= 11 is 12.6. The molecule has 2 aromatic rings. The molecule has 2 aromatic carbocycles. The predicted octanol–water partition coefficient (Wildman–Crippen LogP) is 4.99. The number of rotatable bonds is 2. The van der Waals surface area contributed by atoms with Gasteiger partial charge in [-0.15, -0.1) is 0 Å². The van der Waals surface area contributed by atoms with E-state index in [1.807, 2.05) is 6.07 Å². The van der Waals surface area contributed by atoms with E-state index in [-0.39, 0.29) is 5.91 Å². The van der Waals surface area contributed by atoms with Gasteiger partial charge in [0.25, 0.3) is 5.91 Å². The third-order valence-electron chi connectivity index (χ3n) is 2.55.